The maximum absolute atomic E-state index is 12.6. The first-order chi connectivity index (χ1) is 11.9. The third-order valence-electron chi connectivity index (χ3n) is 3.23. The Kier molecular flexibility index (Phi) is 6.44. The van der Waals surface area contributed by atoms with Crippen LogP contribution < -0.4 is 14.8 Å². The summed E-state index contributed by atoms with van der Waals surface area (Å²) in [7, 11) is -3.80. The highest BCUT2D eigenvalue weighted by Crippen LogP contribution is 2.29. The number of ether oxygens (including phenoxy) is 1. The lowest BCUT2D eigenvalue weighted by Crippen LogP contribution is -2.15. The number of hydrogen-bond donors (Lipinski definition) is 2. The van der Waals surface area contributed by atoms with E-state index in [9.17, 15) is 13.2 Å². The number of anilines is 2. The van der Waals surface area contributed by atoms with E-state index in [1.54, 1.807) is 31.2 Å². The molecule has 134 valence electrons. The van der Waals surface area contributed by atoms with E-state index in [0.717, 1.165) is 4.47 Å². The van der Waals surface area contributed by atoms with Crippen LogP contribution in [0.1, 0.15) is 20.3 Å². The van der Waals surface area contributed by atoms with Crippen LogP contribution in [0.3, 0.4) is 0 Å². The Balaban J connectivity index is 2.36. The van der Waals surface area contributed by atoms with Crippen molar-refractivity contribution in [3.8, 4) is 5.75 Å². The van der Waals surface area contributed by atoms with Crippen LogP contribution in [-0.2, 0) is 14.8 Å². The summed E-state index contributed by atoms with van der Waals surface area (Å²) in [4.78, 5) is 11.7. The zero-order valence-corrected chi connectivity index (χ0v) is 16.3. The molecule has 0 saturated carbocycles. The minimum Gasteiger partial charge on any atom is -0.492 e. The average Bonchev–Trinajstić information content (AvgIpc) is 2.56. The van der Waals surface area contributed by atoms with Crippen molar-refractivity contribution in [1.29, 1.82) is 0 Å². The first-order valence-corrected chi connectivity index (χ1v) is 9.98. The average molecular weight is 427 g/mol. The topological polar surface area (TPSA) is 84.5 Å². The molecule has 2 aromatic carbocycles. The van der Waals surface area contributed by atoms with E-state index in [2.05, 4.69) is 26.0 Å². The fourth-order valence-electron chi connectivity index (χ4n) is 2.06. The van der Waals surface area contributed by atoms with Gasteiger partial charge in [-0.3, -0.25) is 9.52 Å². The fraction of sp³-hybridized carbons (Fsp3) is 0.235. The Morgan fingerprint density at radius 3 is 2.56 bits per heavy atom. The second-order valence-corrected chi connectivity index (χ2v) is 7.71. The van der Waals surface area contributed by atoms with Gasteiger partial charge in [-0.2, -0.15) is 0 Å². The van der Waals surface area contributed by atoms with Crippen molar-refractivity contribution in [1.82, 2.24) is 0 Å². The van der Waals surface area contributed by atoms with Gasteiger partial charge >= 0.3 is 0 Å². The van der Waals surface area contributed by atoms with Crippen molar-refractivity contribution in [3.63, 3.8) is 0 Å². The van der Waals surface area contributed by atoms with Gasteiger partial charge in [0.1, 0.15) is 5.75 Å². The lowest BCUT2D eigenvalue weighted by Gasteiger charge is -2.14. The van der Waals surface area contributed by atoms with Gasteiger partial charge in [0.05, 0.1) is 17.2 Å². The van der Waals surface area contributed by atoms with Crippen molar-refractivity contribution < 1.29 is 17.9 Å². The van der Waals surface area contributed by atoms with Crippen LogP contribution in [0, 0.1) is 0 Å². The molecule has 1 amide bonds. The van der Waals surface area contributed by atoms with Crippen molar-refractivity contribution in [2.24, 2.45) is 0 Å². The molecule has 25 heavy (non-hydrogen) atoms. The van der Waals surface area contributed by atoms with Crippen LogP contribution in [0.2, 0.25) is 0 Å². The molecule has 2 rings (SSSR count). The molecule has 2 aromatic rings. The van der Waals surface area contributed by atoms with Crippen LogP contribution in [0.5, 0.6) is 5.75 Å². The third-order valence-corrected chi connectivity index (χ3v) is 5.11. The molecule has 0 heterocycles. The largest absolute Gasteiger partial charge is 0.492 e. The molecule has 6 nitrogen and oxygen atoms in total. The minimum atomic E-state index is -3.80. The lowest BCUT2D eigenvalue weighted by molar-refractivity contribution is -0.115. The summed E-state index contributed by atoms with van der Waals surface area (Å²) in [5, 5.41) is 2.67. The van der Waals surface area contributed by atoms with Gasteiger partial charge in [0, 0.05) is 16.6 Å². The van der Waals surface area contributed by atoms with E-state index < -0.39 is 10.0 Å². The molecule has 0 fully saturated rings. The van der Waals surface area contributed by atoms with Crippen LogP contribution in [0.4, 0.5) is 11.4 Å². The van der Waals surface area contributed by atoms with Gasteiger partial charge in [0.2, 0.25) is 5.91 Å². The van der Waals surface area contributed by atoms with Gasteiger partial charge in [-0.25, -0.2) is 8.42 Å². The maximum Gasteiger partial charge on any atom is 0.261 e. The summed E-state index contributed by atoms with van der Waals surface area (Å²) in [5.41, 5.74) is 0.758. The maximum atomic E-state index is 12.6. The quantitative estimate of drug-likeness (QED) is 0.700. The van der Waals surface area contributed by atoms with E-state index in [-0.39, 0.29) is 17.2 Å². The zero-order chi connectivity index (χ0) is 18.4. The monoisotopic (exact) mass is 426 g/mol. The Bertz CT molecular complexity index is 869. The van der Waals surface area contributed by atoms with Crippen molar-refractivity contribution in [3.05, 3.63) is 46.9 Å². The molecular formula is C17H19BrN2O4S. The standard InChI is InChI=1S/C17H19BrN2O4S/c1-3-17(21)19-15-11-14(8-9-16(15)24-4-2)25(22,23)20-13-7-5-6-12(18)10-13/h5-11,20H,3-4H2,1-2H3,(H,19,21). The number of nitrogens with one attached hydrogen (secondary N) is 2. The molecule has 0 saturated heterocycles. The van der Waals surface area contributed by atoms with E-state index in [0.29, 0.717) is 23.7 Å². The van der Waals surface area contributed by atoms with Crippen molar-refractivity contribution in [2.45, 2.75) is 25.2 Å². The smallest absolute Gasteiger partial charge is 0.261 e. The Hall–Kier alpha value is -2.06. The number of carbonyl (C=O) groups is 1. The molecule has 2 N–H and O–H groups in total. The van der Waals surface area contributed by atoms with Crippen molar-refractivity contribution in [2.75, 3.05) is 16.6 Å². The highest BCUT2D eigenvalue weighted by molar-refractivity contribution is 9.10. The molecule has 0 radical (unpaired) electrons. The van der Waals surface area contributed by atoms with Crippen LogP contribution in [-0.4, -0.2) is 20.9 Å². The molecule has 0 aromatic heterocycles. The van der Waals surface area contributed by atoms with Gasteiger partial charge in [0.25, 0.3) is 10.0 Å². The predicted octanol–water partition coefficient (Wildman–Crippen LogP) is 4.00. The van der Waals surface area contributed by atoms with Gasteiger partial charge in [0.15, 0.2) is 0 Å². The molecule has 0 unspecified atom stereocenters. The molecule has 0 atom stereocenters. The molecule has 0 aliphatic rings. The summed E-state index contributed by atoms with van der Waals surface area (Å²) >= 11 is 3.30. The SMILES string of the molecule is CCOc1ccc(S(=O)(=O)Nc2cccc(Br)c2)cc1NC(=O)CC. The predicted molar refractivity (Wildman–Crippen MR) is 101 cm³/mol. The van der Waals surface area contributed by atoms with Crippen molar-refractivity contribution >= 4 is 43.2 Å². The number of rotatable bonds is 7. The highest BCUT2D eigenvalue weighted by Gasteiger charge is 2.18. The van der Waals surface area contributed by atoms with E-state index in [4.69, 9.17) is 4.74 Å². The number of halogens is 1. The third kappa shape index (κ3) is 5.20. The molecule has 0 spiro atoms. The molecule has 0 aliphatic carbocycles. The van der Waals surface area contributed by atoms with E-state index in [1.807, 2.05) is 6.92 Å². The normalized spacial score (nSPS) is 11.0. The van der Waals surface area contributed by atoms with Gasteiger partial charge in [-0.15, -0.1) is 0 Å². The lowest BCUT2D eigenvalue weighted by atomic mass is 10.3. The summed E-state index contributed by atoms with van der Waals surface area (Å²) in [6, 6.07) is 11.2. The van der Waals surface area contributed by atoms with Gasteiger partial charge in [-0.05, 0) is 43.3 Å². The first kappa shape index (κ1) is 19.3. The Labute approximate surface area is 155 Å². The van der Waals surface area contributed by atoms with Gasteiger partial charge < -0.3 is 10.1 Å². The second-order valence-electron chi connectivity index (χ2n) is 5.11. The van der Waals surface area contributed by atoms with Crippen LogP contribution >= 0.6 is 15.9 Å². The fourth-order valence-corrected chi connectivity index (χ4v) is 3.53. The van der Waals surface area contributed by atoms with E-state index >= 15 is 0 Å². The first-order valence-electron chi connectivity index (χ1n) is 7.70. The molecular weight excluding hydrogens is 408 g/mol. The molecule has 0 bridgehead atoms. The number of amides is 1. The summed E-state index contributed by atoms with van der Waals surface area (Å²) in [5.74, 6) is 0.196. The molecule has 0 aliphatic heterocycles. The second kappa shape index (κ2) is 8.35. The van der Waals surface area contributed by atoms with E-state index in [1.165, 1.54) is 18.2 Å². The summed E-state index contributed by atoms with van der Waals surface area (Å²) in [6.45, 7) is 3.92. The number of hydrogen-bond acceptors (Lipinski definition) is 4. The number of sulfonamides is 1. The Morgan fingerprint density at radius 2 is 1.92 bits per heavy atom. The summed E-state index contributed by atoms with van der Waals surface area (Å²) in [6.07, 6.45) is 0.277. The Morgan fingerprint density at radius 1 is 1.16 bits per heavy atom. The molecule has 8 heteroatoms. The highest BCUT2D eigenvalue weighted by atomic mass is 79.9. The number of carbonyl (C=O) groups excluding carboxylic acids is 1. The minimum absolute atomic E-state index is 0.0299. The number of benzene rings is 2. The van der Waals surface area contributed by atoms with Gasteiger partial charge in [-0.1, -0.05) is 28.9 Å². The summed E-state index contributed by atoms with van der Waals surface area (Å²) < 4.78 is 33.9. The zero-order valence-electron chi connectivity index (χ0n) is 13.9. The van der Waals surface area contributed by atoms with Crippen LogP contribution in [0.15, 0.2) is 51.8 Å². The van der Waals surface area contributed by atoms with Crippen LogP contribution in [0.25, 0.3) is 0 Å².